The van der Waals surface area contributed by atoms with Gasteiger partial charge in [-0.3, -0.25) is 0 Å². The summed E-state index contributed by atoms with van der Waals surface area (Å²) < 4.78 is 5.60. The predicted octanol–water partition coefficient (Wildman–Crippen LogP) is 0.831. The lowest BCUT2D eigenvalue weighted by Gasteiger charge is -2.26. The molecule has 2 saturated carbocycles. The van der Waals surface area contributed by atoms with Crippen molar-refractivity contribution in [2.45, 2.75) is 56.3 Å². The maximum absolute atomic E-state index is 9.54. The largest absolute Gasteiger partial charge is 0.393 e. The molecule has 0 aromatic rings. The topological polar surface area (TPSA) is 49.7 Å². The third kappa shape index (κ3) is 2.66. The highest BCUT2D eigenvalue weighted by Crippen LogP contribution is 2.36. The molecule has 2 aliphatic carbocycles. The molecule has 0 amide bonds. The Bertz CT molecular complexity index is 169. The Morgan fingerprint density at radius 1 is 1.15 bits per heavy atom. The van der Waals surface area contributed by atoms with E-state index < -0.39 is 5.60 Å². The van der Waals surface area contributed by atoms with Gasteiger partial charge in [-0.15, -0.1) is 0 Å². The molecule has 0 bridgehead atoms. The van der Waals surface area contributed by atoms with Crippen LogP contribution in [0.2, 0.25) is 0 Å². The van der Waals surface area contributed by atoms with Crippen molar-refractivity contribution < 1.29 is 14.9 Å². The van der Waals surface area contributed by atoms with Gasteiger partial charge in [0.15, 0.2) is 0 Å². The van der Waals surface area contributed by atoms with Crippen LogP contribution in [0.5, 0.6) is 0 Å². The van der Waals surface area contributed by atoms with Crippen molar-refractivity contribution in [3.8, 4) is 0 Å². The van der Waals surface area contributed by atoms with Gasteiger partial charge in [0, 0.05) is 0 Å². The Morgan fingerprint density at radius 2 is 1.77 bits per heavy atom. The summed E-state index contributed by atoms with van der Waals surface area (Å²) in [7, 11) is 0. The molecule has 0 atom stereocenters. The zero-order valence-corrected chi connectivity index (χ0v) is 7.91. The van der Waals surface area contributed by atoms with Crippen molar-refractivity contribution in [1.29, 1.82) is 0 Å². The van der Waals surface area contributed by atoms with Crippen molar-refractivity contribution in [3.05, 3.63) is 0 Å². The van der Waals surface area contributed by atoms with Crippen molar-refractivity contribution in [2.24, 2.45) is 0 Å². The Morgan fingerprint density at radius 3 is 2.31 bits per heavy atom. The molecule has 0 aromatic carbocycles. The molecule has 0 heterocycles. The van der Waals surface area contributed by atoms with Crippen LogP contribution >= 0.6 is 0 Å². The molecule has 13 heavy (non-hydrogen) atoms. The number of aliphatic hydroxyl groups is 2. The van der Waals surface area contributed by atoms with E-state index in [-0.39, 0.29) is 12.2 Å². The van der Waals surface area contributed by atoms with Gasteiger partial charge in [-0.25, -0.2) is 0 Å². The third-order valence-electron chi connectivity index (χ3n) is 3.06. The lowest BCUT2D eigenvalue weighted by Crippen LogP contribution is -2.28. The minimum Gasteiger partial charge on any atom is -0.393 e. The minimum atomic E-state index is -0.490. The van der Waals surface area contributed by atoms with Crippen LogP contribution in [0.4, 0.5) is 0 Å². The summed E-state index contributed by atoms with van der Waals surface area (Å²) in [6.45, 7) is 0.494. The second-order valence-electron chi connectivity index (χ2n) is 4.47. The highest BCUT2D eigenvalue weighted by atomic mass is 16.5. The molecule has 0 spiro atoms. The van der Waals surface area contributed by atoms with E-state index in [1.165, 1.54) is 0 Å². The Kier molecular flexibility index (Phi) is 2.58. The summed E-state index contributed by atoms with van der Waals surface area (Å²) >= 11 is 0. The quantitative estimate of drug-likeness (QED) is 0.686. The van der Waals surface area contributed by atoms with Gasteiger partial charge in [-0.05, 0) is 38.5 Å². The van der Waals surface area contributed by atoms with Gasteiger partial charge in [-0.2, -0.15) is 0 Å². The fourth-order valence-corrected chi connectivity index (χ4v) is 1.77. The first kappa shape index (κ1) is 9.44. The molecule has 0 unspecified atom stereocenters. The lowest BCUT2D eigenvalue weighted by molar-refractivity contribution is -0.0483. The first-order valence-electron chi connectivity index (χ1n) is 5.20. The smallest absolute Gasteiger partial charge is 0.0882 e. The molecule has 3 heteroatoms. The standard InChI is InChI=1S/C10H18O3/c11-8-1-3-9(4-2-8)13-7-10(12)5-6-10/h8-9,11-12H,1-7H2. The van der Waals surface area contributed by atoms with Crippen LogP contribution in [0.3, 0.4) is 0 Å². The Balaban J connectivity index is 1.65. The highest BCUT2D eigenvalue weighted by molar-refractivity contribution is 4.93. The summed E-state index contributed by atoms with van der Waals surface area (Å²) in [6, 6.07) is 0. The maximum atomic E-state index is 9.54. The van der Waals surface area contributed by atoms with Gasteiger partial charge in [0.1, 0.15) is 0 Å². The van der Waals surface area contributed by atoms with Crippen LogP contribution in [0.25, 0.3) is 0 Å². The second-order valence-corrected chi connectivity index (χ2v) is 4.47. The second kappa shape index (κ2) is 3.56. The van der Waals surface area contributed by atoms with Gasteiger partial charge in [0.05, 0.1) is 24.4 Å². The van der Waals surface area contributed by atoms with E-state index in [1.54, 1.807) is 0 Å². The van der Waals surface area contributed by atoms with E-state index in [9.17, 15) is 10.2 Å². The van der Waals surface area contributed by atoms with Crippen molar-refractivity contribution >= 4 is 0 Å². The Labute approximate surface area is 78.7 Å². The fraction of sp³-hybridized carbons (Fsp3) is 1.00. The molecule has 0 saturated heterocycles. The average Bonchev–Trinajstić information content (AvgIpc) is 2.84. The first-order chi connectivity index (χ1) is 6.18. The molecular formula is C10H18O3. The monoisotopic (exact) mass is 186 g/mol. The molecule has 0 aliphatic heterocycles. The molecular weight excluding hydrogens is 168 g/mol. The summed E-state index contributed by atoms with van der Waals surface area (Å²) in [4.78, 5) is 0. The molecule has 3 nitrogen and oxygen atoms in total. The first-order valence-corrected chi connectivity index (χ1v) is 5.20. The third-order valence-corrected chi connectivity index (χ3v) is 3.06. The van der Waals surface area contributed by atoms with Crippen molar-refractivity contribution in [2.75, 3.05) is 6.61 Å². The molecule has 2 aliphatic rings. The summed E-state index contributed by atoms with van der Waals surface area (Å²) in [6.07, 6.45) is 5.52. The van der Waals surface area contributed by atoms with Crippen molar-refractivity contribution in [1.82, 2.24) is 0 Å². The van der Waals surface area contributed by atoms with Crippen molar-refractivity contribution in [3.63, 3.8) is 0 Å². The molecule has 0 radical (unpaired) electrons. The van der Waals surface area contributed by atoms with Crippen LogP contribution in [0.1, 0.15) is 38.5 Å². The molecule has 2 rings (SSSR count). The van der Waals surface area contributed by atoms with Crippen LogP contribution in [-0.4, -0.2) is 34.6 Å². The average molecular weight is 186 g/mol. The van der Waals surface area contributed by atoms with Crippen LogP contribution in [0.15, 0.2) is 0 Å². The van der Waals surface area contributed by atoms with Crippen LogP contribution in [0, 0.1) is 0 Å². The van der Waals surface area contributed by atoms with Crippen LogP contribution < -0.4 is 0 Å². The predicted molar refractivity (Wildman–Crippen MR) is 48.4 cm³/mol. The van der Waals surface area contributed by atoms with E-state index in [0.29, 0.717) is 6.61 Å². The van der Waals surface area contributed by atoms with E-state index in [0.717, 1.165) is 38.5 Å². The summed E-state index contributed by atoms with van der Waals surface area (Å²) in [5, 5.41) is 18.8. The van der Waals surface area contributed by atoms with E-state index >= 15 is 0 Å². The van der Waals surface area contributed by atoms with E-state index in [4.69, 9.17) is 4.74 Å². The SMILES string of the molecule is OC1CCC(OCC2(O)CC2)CC1. The van der Waals surface area contributed by atoms with Gasteiger partial charge < -0.3 is 14.9 Å². The molecule has 2 fully saturated rings. The van der Waals surface area contributed by atoms with Crippen LogP contribution in [-0.2, 0) is 4.74 Å². The number of ether oxygens (including phenoxy) is 1. The number of hydrogen-bond donors (Lipinski definition) is 2. The van der Waals surface area contributed by atoms with Gasteiger partial charge >= 0.3 is 0 Å². The zero-order chi connectivity index (χ0) is 9.31. The van der Waals surface area contributed by atoms with E-state index in [1.807, 2.05) is 0 Å². The fourth-order valence-electron chi connectivity index (χ4n) is 1.77. The maximum Gasteiger partial charge on any atom is 0.0882 e. The summed E-state index contributed by atoms with van der Waals surface area (Å²) in [5.41, 5.74) is -0.490. The number of rotatable bonds is 3. The lowest BCUT2D eigenvalue weighted by atomic mass is 9.95. The molecule has 2 N–H and O–H groups in total. The number of aliphatic hydroxyl groups excluding tert-OH is 1. The zero-order valence-electron chi connectivity index (χ0n) is 7.91. The minimum absolute atomic E-state index is 0.121. The number of hydrogen-bond acceptors (Lipinski definition) is 3. The Hall–Kier alpha value is -0.120. The normalized spacial score (nSPS) is 37.4. The van der Waals surface area contributed by atoms with Gasteiger partial charge in [0.25, 0.3) is 0 Å². The van der Waals surface area contributed by atoms with E-state index in [2.05, 4.69) is 0 Å². The summed E-state index contributed by atoms with van der Waals surface area (Å²) in [5.74, 6) is 0. The highest BCUT2D eigenvalue weighted by Gasteiger charge is 2.41. The molecule has 0 aromatic heterocycles. The molecule has 76 valence electrons. The van der Waals surface area contributed by atoms with Gasteiger partial charge in [0.2, 0.25) is 0 Å². The van der Waals surface area contributed by atoms with Gasteiger partial charge in [-0.1, -0.05) is 0 Å².